The molecule has 0 unspecified atom stereocenters. The largest absolute Gasteiger partial charge is 0.370 e. The van der Waals surface area contributed by atoms with Crippen molar-refractivity contribution in [2.45, 2.75) is 20.3 Å². The van der Waals surface area contributed by atoms with Crippen LogP contribution in [-0.2, 0) is 11.2 Å². The summed E-state index contributed by atoms with van der Waals surface area (Å²) in [5.41, 5.74) is 5.77. The normalized spacial score (nSPS) is 8.54. The number of amides is 1. The van der Waals surface area contributed by atoms with Gasteiger partial charge in [0.2, 0.25) is 5.91 Å². The van der Waals surface area contributed by atoms with E-state index in [-0.39, 0.29) is 5.91 Å². The van der Waals surface area contributed by atoms with E-state index in [0.717, 1.165) is 11.4 Å². The second-order valence-corrected chi connectivity index (χ2v) is 3.03. The van der Waals surface area contributed by atoms with Crippen molar-refractivity contribution in [1.29, 1.82) is 0 Å². The molecule has 1 aromatic carbocycles. The van der Waals surface area contributed by atoms with E-state index < -0.39 is 0 Å². The monoisotopic (exact) mass is 199 g/mol. The van der Waals surface area contributed by atoms with Gasteiger partial charge < -0.3 is 5.73 Å². The van der Waals surface area contributed by atoms with Crippen LogP contribution >= 0.6 is 11.6 Å². The second kappa shape index (κ2) is 6.49. The molecule has 0 radical (unpaired) electrons. The molecule has 0 heterocycles. The predicted molar refractivity (Wildman–Crippen MR) is 55.7 cm³/mol. The van der Waals surface area contributed by atoms with Crippen LogP contribution in [0.5, 0.6) is 0 Å². The lowest BCUT2D eigenvalue weighted by Gasteiger charge is -1.93. The van der Waals surface area contributed by atoms with E-state index in [2.05, 4.69) is 18.7 Å². The summed E-state index contributed by atoms with van der Waals surface area (Å²) in [5.74, 6) is -0.333. The van der Waals surface area contributed by atoms with Crippen molar-refractivity contribution in [1.82, 2.24) is 0 Å². The van der Waals surface area contributed by atoms with E-state index in [9.17, 15) is 4.79 Å². The van der Waals surface area contributed by atoms with Gasteiger partial charge in [-0.1, -0.05) is 30.7 Å². The van der Waals surface area contributed by atoms with Crippen molar-refractivity contribution in [3.63, 3.8) is 0 Å². The summed E-state index contributed by atoms with van der Waals surface area (Å²) in [6, 6.07) is 7.93. The first-order chi connectivity index (χ1) is 6.06. The summed E-state index contributed by atoms with van der Waals surface area (Å²) < 4.78 is 0. The number of carbonyl (C=O) groups excluding carboxylic acids is 1. The molecule has 2 N–H and O–H groups in total. The Morgan fingerprint density at radius 2 is 2.08 bits per heavy atom. The van der Waals surface area contributed by atoms with Gasteiger partial charge in [0.05, 0.1) is 0 Å². The molecule has 13 heavy (non-hydrogen) atoms. The van der Waals surface area contributed by atoms with E-state index in [1.54, 1.807) is 0 Å². The SMILES string of the molecule is CC(N)=O.CCc1cccc(Cl)c1. The van der Waals surface area contributed by atoms with Crippen LogP contribution in [0.15, 0.2) is 24.3 Å². The molecule has 0 aliphatic rings. The minimum absolute atomic E-state index is 0.333. The molecule has 0 fully saturated rings. The lowest BCUT2D eigenvalue weighted by Crippen LogP contribution is -2.01. The molecular formula is C10H14ClNO. The third-order valence-electron chi connectivity index (χ3n) is 1.30. The number of rotatable bonds is 1. The number of carbonyl (C=O) groups is 1. The molecule has 0 saturated carbocycles. The van der Waals surface area contributed by atoms with Crippen molar-refractivity contribution in [3.8, 4) is 0 Å². The van der Waals surface area contributed by atoms with Crippen molar-refractivity contribution in [2.75, 3.05) is 0 Å². The fraction of sp³-hybridized carbons (Fsp3) is 0.300. The summed E-state index contributed by atoms with van der Waals surface area (Å²) in [6.07, 6.45) is 1.06. The summed E-state index contributed by atoms with van der Waals surface area (Å²) in [7, 11) is 0. The molecule has 0 saturated heterocycles. The highest BCUT2D eigenvalue weighted by Gasteiger charge is 1.87. The van der Waals surface area contributed by atoms with Gasteiger partial charge in [-0.2, -0.15) is 0 Å². The Hall–Kier alpha value is -1.02. The molecule has 0 spiro atoms. The Bertz CT molecular complexity index is 269. The fourth-order valence-electron chi connectivity index (χ4n) is 0.757. The zero-order valence-corrected chi connectivity index (χ0v) is 8.64. The fourth-order valence-corrected chi connectivity index (χ4v) is 0.970. The van der Waals surface area contributed by atoms with Crippen LogP contribution in [0.25, 0.3) is 0 Å². The van der Waals surface area contributed by atoms with Gasteiger partial charge in [0, 0.05) is 11.9 Å². The van der Waals surface area contributed by atoms with Gasteiger partial charge in [-0.05, 0) is 24.1 Å². The van der Waals surface area contributed by atoms with Crippen LogP contribution in [0.4, 0.5) is 0 Å². The maximum atomic E-state index is 9.22. The van der Waals surface area contributed by atoms with Crippen molar-refractivity contribution < 1.29 is 4.79 Å². The van der Waals surface area contributed by atoms with Crippen LogP contribution < -0.4 is 5.73 Å². The summed E-state index contributed by atoms with van der Waals surface area (Å²) in [5, 5.41) is 0.828. The standard InChI is InChI=1S/C8H9Cl.C2H5NO/c1-2-7-4-3-5-8(9)6-7;1-2(3)4/h3-6H,2H2,1H3;1H3,(H2,3,4). The lowest BCUT2D eigenvalue weighted by atomic mass is 10.2. The molecule has 72 valence electrons. The number of hydrogen-bond donors (Lipinski definition) is 1. The Kier molecular flexibility index (Phi) is 5.98. The molecule has 3 heteroatoms. The van der Waals surface area contributed by atoms with Gasteiger partial charge >= 0.3 is 0 Å². The highest BCUT2D eigenvalue weighted by molar-refractivity contribution is 6.30. The first kappa shape index (κ1) is 12.0. The number of benzene rings is 1. The first-order valence-corrected chi connectivity index (χ1v) is 4.44. The molecular weight excluding hydrogens is 186 g/mol. The Balaban J connectivity index is 0.000000310. The van der Waals surface area contributed by atoms with Crippen LogP contribution in [0.2, 0.25) is 5.02 Å². The minimum atomic E-state index is -0.333. The molecule has 0 aromatic heterocycles. The number of hydrogen-bond acceptors (Lipinski definition) is 1. The average molecular weight is 200 g/mol. The zero-order valence-electron chi connectivity index (χ0n) is 7.88. The van der Waals surface area contributed by atoms with Gasteiger partial charge in [-0.3, -0.25) is 4.79 Å². The van der Waals surface area contributed by atoms with Crippen molar-refractivity contribution in [2.24, 2.45) is 5.73 Å². The number of nitrogens with two attached hydrogens (primary N) is 1. The zero-order chi connectivity index (χ0) is 10.3. The highest BCUT2D eigenvalue weighted by atomic mass is 35.5. The van der Waals surface area contributed by atoms with Gasteiger partial charge in [-0.15, -0.1) is 0 Å². The van der Waals surface area contributed by atoms with Crippen LogP contribution in [-0.4, -0.2) is 5.91 Å². The van der Waals surface area contributed by atoms with Crippen molar-refractivity contribution in [3.05, 3.63) is 34.9 Å². The van der Waals surface area contributed by atoms with Crippen molar-refractivity contribution >= 4 is 17.5 Å². The second-order valence-electron chi connectivity index (χ2n) is 2.59. The quantitative estimate of drug-likeness (QED) is 0.742. The van der Waals surface area contributed by atoms with Crippen LogP contribution in [0.1, 0.15) is 19.4 Å². The number of primary amides is 1. The summed E-state index contributed by atoms with van der Waals surface area (Å²) >= 11 is 5.72. The molecule has 0 bridgehead atoms. The van der Waals surface area contributed by atoms with Crippen LogP contribution in [0, 0.1) is 0 Å². The van der Waals surface area contributed by atoms with Gasteiger partial charge in [-0.25, -0.2) is 0 Å². The molecule has 1 aromatic rings. The third-order valence-corrected chi connectivity index (χ3v) is 1.53. The summed E-state index contributed by atoms with van der Waals surface area (Å²) in [6.45, 7) is 3.42. The Labute approximate surface area is 83.7 Å². The first-order valence-electron chi connectivity index (χ1n) is 4.06. The maximum absolute atomic E-state index is 9.22. The van der Waals surface area contributed by atoms with E-state index >= 15 is 0 Å². The van der Waals surface area contributed by atoms with Gasteiger partial charge in [0.25, 0.3) is 0 Å². The lowest BCUT2D eigenvalue weighted by molar-refractivity contribution is -0.115. The van der Waals surface area contributed by atoms with E-state index in [0.29, 0.717) is 0 Å². The van der Waals surface area contributed by atoms with Crippen LogP contribution in [0.3, 0.4) is 0 Å². The molecule has 1 amide bonds. The molecule has 2 nitrogen and oxygen atoms in total. The van der Waals surface area contributed by atoms with Gasteiger partial charge in [0.1, 0.15) is 0 Å². The Morgan fingerprint density at radius 3 is 2.38 bits per heavy atom. The smallest absolute Gasteiger partial charge is 0.214 e. The van der Waals surface area contributed by atoms with Gasteiger partial charge in [0.15, 0.2) is 0 Å². The maximum Gasteiger partial charge on any atom is 0.214 e. The minimum Gasteiger partial charge on any atom is -0.370 e. The van der Waals surface area contributed by atoms with E-state index in [1.807, 2.05) is 18.2 Å². The number of aryl methyl sites for hydroxylation is 1. The molecule has 0 aliphatic carbocycles. The van der Waals surface area contributed by atoms with E-state index in [1.165, 1.54) is 12.5 Å². The summed E-state index contributed by atoms with van der Waals surface area (Å²) in [4.78, 5) is 9.22. The Morgan fingerprint density at radius 1 is 1.54 bits per heavy atom. The molecule has 0 atom stereocenters. The third kappa shape index (κ3) is 7.34. The topological polar surface area (TPSA) is 43.1 Å². The number of halogens is 1. The highest BCUT2D eigenvalue weighted by Crippen LogP contribution is 2.10. The molecule has 1 rings (SSSR count). The average Bonchev–Trinajstić information content (AvgIpc) is 2.03. The predicted octanol–water partition coefficient (Wildman–Crippen LogP) is 2.39. The molecule has 0 aliphatic heterocycles. The van der Waals surface area contributed by atoms with E-state index in [4.69, 9.17) is 11.6 Å².